The smallest absolute Gasteiger partial charge is 0.257 e. The van der Waals surface area contributed by atoms with E-state index >= 15 is 0 Å². The summed E-state index contributed by atoms with van der Waals surface area (Å²) in [4.78, 5) is 6.56. The lowest BCUT2D eigenvalue weighted by Crippen LogP contribution is -2.23. The van der Waals surface area contributed by atoms with E-state index < -0.39 is 10.0 Å². The van der Waals surface area contributed by atoms with Gasteiger partial charge >= 0.3 is 0 Å². The number of nitrogens with zero attached hydrogens (tertiary/aromatic N) is 1. The normalized spacial score (nSPS) is 11.7. The van der Waals surface area contributed by atoms with Crippen molar-refractivity contribution in [2.45, 2.75) is 25.0 Å². The molecule has 0 atom stereocenters. The third-order valence-corrected chi connectivity index (χ3v) is 4.00. The molecular weight excluding hydrogens is 264 g/mol. The highest BCUT2D eigenvalue weighted by Gasteiger charge is 2.15. The Kier molecular flexibility index (Phi) is 3.98. The maximum absolute atomic E-state index is 11.9. The lowest BCUT2D eigenvalue weighted by atomic mass is 10.1. The van der Waals surface area contributed by atoms with Crippen LogP contribution in [0.1, 0.15) is 17.0 Å². The highest BCUT2D eigenvalue weighted by atomic mass is 32.2. The number of nitrogens with one attached hydrogen (secondary N) is 2. The molecule has 0 radical (unpaired) electrons. The molecule has 0 bridgehead atoms. The highest BCUT2D eigenvalue weighted by Crippen LogP contribution is 2.08. The van der Waals surface area contributed by atoms with Crippen molar-refractivity contribution in [1.29, 1.82) is 0 Å². The van der Waals surface area contributed by atoms with Crippen LogP contribution in [-0.4, -0.2) is 18.4 Å². The number of sulfonamides is 1. The lowest BCUT2D eigenvalue weighted by molar-refractivity contribution is 0.578. The number of imidazole rings is 1. The molecule has 7 heteroatoms. The van der Waals surface area contributed by atoms with E-state index in [1.165, 1.54) is 6.20 Å². The fourth-order valence-corrected chi connectivity index (χ4v) is 2.57. The number of aromatic amines is 1. The van der Waals surface area contributed by atoms with Crippen molar-refractivity contribution in [3.05, 3.63) is 47.4 Å². The molecule has 0 aliphatic heterocycles. The monoisotopic (exact) mass is 280 g/mol. The van der Waals surface area contributed by atoms with Crippen molar-refractivity contribution >= 4 is 10.0 Å². The Morgan fingerprint density at radius 2 is 1.89 bits per heavy atom. The standard InChI is InChI=1S/C12H16N4O2S/c1-9-14-8-12(16-9)19(17,18)15-7-11-4-2-10(6-13)3-5-11/h2-5,8,15H,6-7,13H2,1H3,(H,14,16). The van der Waals surface area contributed by atoms with Gasteiger partial charge < -0.3 is 10.7 Å². The van der Waals surface area contributed by atoms with Crippen LogP contribution in [0, 0.1) is 6.92 Å². The lowest BCUT2D eigenvalue weighted by Gasteiger charge is -2.05. The molecule has 2 aromatic rings. The predicted molar refractivity (Wildman–Crippen MR) is 71.7 cm³/mol. The van der Waals surface area contributed by atoms with E-state index in [-0.39, 0.29) is 11.6 Å². The Hall–Kier alpha value is -1.70. The number of H-pyrrole nitrogens is 1. The van der Waals surface area contributed by atoms with Crippen LogP contribution in [0.3, 0.4) is 0 Å². The molecule has 1 aromatic carbocycles. The fraction of sp³-hybridized carbons (Fsp3) is 0.250. The first-order valence-electron chi connectivity index (χ1n) is 5.80. The van der Waals surface area contributed by atoms with Gasteiger partial charge in [-0.1, -0.05) is 24.3 Å². The third-order valence-electron chi connectivity index (χ3n) is 2.69. The summed E-state index contributed by atoms with van der Waals surface area (Å²) in [7, 11) is -3.55. The molecule has 6 nitrogen and oxygen atoms in total. The van der Waals surface area contributed by atoms with E-state index in [9.17, 15) is 8.42 Å². The summed E-state index contributed by atoms with van der Waals surface area (Å²) in [6, 6.07) is 7.46. The first-order valence-corrected chi connectivity index (χ1v) is 7.29. The van der Waals surface area contributed by atoms with Crippen molar-refractivity contribution in [3.8, 4) is 0 Å². The molecule has 0 spiro atoms. The largest absolute Gasteiger partial charge is 0.332 e. The molecular formula is C12H16N4O2S. The van der Waals surface area contributed by atoms with Crippen LogP contribution in [-0.2, 0) is 23.1 Å². The molecule has 102 valence electrons. The summed E-state index contributed by atoms with van der Waals surface area (Å²) in [5.74, 6) is 0.563. The van der Waals surface area contributed by atoms with E-state index in [2.05, 4.69) is 14.7 Å². The van der Waals surface area contributed by atoms with Crippen molar-refractivity contribution in [2.24, 2.45) is 5.73 Å². The van der Waals surface area contributed by atoms with Crippen molar-refractivity contribution in [3.63, 3.8) is 0 Å². The number of aromatic nitrogens is 2. The Bertz CT molecular complexity index is 647. The Morgan fingerprint density at radius 3 is 2.42 bits per heavy atom. The van der Waals surface area contributed by atoms with Gasteiger partial charge in [0.2, 0.25) is 0 Å². The van der Waals surface area contributed by atoms with Gasteiger partial charge in [0.15, 0.2) is 5.03 Å². The number of rotatable bonds is 5. The molecule has 0 aliphatic carbocycles. The molecule has 0 saturated carbocycles. The number of nitrogens with two attached hydrogens (primary N) is 1. The minimum Gasteiger partial charge on any atom is -0.332 e. The van der Waals surface area contributed by atoms with Crippen LogP contribution in [0.4, 0.5) is 0 Å². The fourth-order valence-electron chi connectivity index (χ4n) is 1.58. The van der Waals surface area contributed by atoms with E-state index in [4.69, 9.17) is 5.73 Å². The molecule has 4 N–H and O–H groups in total. The number of benzene rings is 1. The van der Waals surface area contributed by atoms with E-state index in [1.54, 1.807) is 6.92 Å². The van der Waals surface area contributed by atoms with Gasteiger partial charge in [-0.3, -0.25) is 0 Å². The molecule has 0 amide bonds. The van der Waals surface area contributed by atoms with Crippen LogP contribution in [0.5, 0.6) is 0 Å². The van der Waals surface area contributed by atoms with Crippen LogP contribution in [0.25, 0.3) is 0 Å². The molecule has 19 heavy (non-hydrogen) atoms. The minimum atomic E-state index is -3.55. The average molecular weight is 280 g/mol. The minimum absolute atomic E-state index is 0.0728. The summed E-state index contributed by atoms with van der Waals surface area (Å²) in [5.41, 5.74) is 7.38. The number of aryl methyl sites for hydroxylation is 1. The van der Waals surface area contributed by atoms with Crippen LogP contribution >= 0.6 is 0 Å². The third kappa shape index (κ3) is 3.40. The molecule has 0 unspecified atom stereocenters. The second-order valence-electron chi connectivity index (χ2n) is 4.18. The predicted octanol–water partition coefficient (Wildman–Crippen LogP) is 0.655. The van der Waals surface area contributed by atoms with Gasteiger partial charge in [-0.15, -0.1) is 0 Å². The second kappa shape index (κ2) is 5.52. The molecule has 0 aliphatic rings. The van der Waals surface area contributed by atoms with Gasteiger partial charge in [-0.05, 0) is 18.1 Å². The van der Waals surface area contributed by atoms with Gasteiger partial charge in [0.05, 0.1) is 6.20 Å². The number of hydrogen-bond acceptors (Lipinski definition) is 4. The summed E-state index contributed by atoms with van der Waals surface area (Å²) >= 11 is 0. The van der Waals surface area contributed by atoms with Crippen LogP contribution < -0.4 is 10.5 Å². The molecule has 0 saturated heterocycles. The van der Waals surface area contributed by atoms with E-state index in [0.29, 0.717) is 12.4 Å². The zero-order valence-electron chi connectivity index (χ0n) is 10.6. The van der Waals surface area contributed by atoms with Gasteiger partial charge in [0.25, 0.3) is 10.0 Å². The molecule has 1 heterocycles. The highest BCUT2D eigenvalue weighted by molar-refractivity contribution is 7.89. The van der Waals surface area contributed by atoms with E-state index in [1.807, 2.05) is 24.3 Å². The van der Waals surface area contributed by atoms with Crippen molar-refractivity contribution in [2.75, 3.05) is 0 Å². The molecule has 2 rings (SSSR count). The first kappa shape index (κ1) is 13.7. The van der Waals surface area contributed by atoms with Crippen molar-refractivity contribution in [1.82, 2.24) is 14.7 Å². The molecule has 1 aromatic heterocycles. The van der Waals surface area contributed by atoms with Crippen LogP contribution in [0.2, 0.25) is 0 Å². The van der Waals surface area contributed by atoms with Crippen molar-refractivity contribution < 1.29 is 8.42 Å². The molecule has 0 fully saturated rings. The first-order chi connectivity index (χ1) is 9.01. The van der Waals surface area contributed by atoms with Gasteiger partial charge in [0.1, 0.15) is 5.82 Å². The Morgan fingerprint density at radius 1 is 1.26 bits per heavy atom. The van der Waals surface area contributed by atoms with Gasteiger partial charge in [0, 0.05) is 13.1 Å². The zero-order valence-corrected chi connectivity index (χ0v) is 11.4. The van der Waals surface area contributed by atoms with Gasteiger partial charge in [-0.25, -0.2) is 18.1 Å². The number of hydrogen-bond donors (Lipinski definition) is 3. The summed E-state index contributed by atoms with van der Waals surface area (Å²) < 4.78 is 26.4. The maximum Gasteiger partial charge on any atom is 0.257 e. The SMILES string of the molecule is Cc1ncc(S(=O)(=O)NCc2ccc(CN)cc2)[nH]1. The zero-order chi connectivity index (χ0) is 13.9. The second-order valence-corrected chi connectivity index (χ2v) is 5.91. The topological polar surface area (TPSA) is 101 Å². The van der Waals surface area contributed by atoms with E-state index in [0.717, 1.165) is 11.1 Å². The Balaban J connectivity index is 2.05. The Labute approximate surface area is 112 Å². The maximum atomic E-state index is 11.9. The summed E-state index contributed by atoms with van der Waals surface area (Å²) in [6.45, 7) is 2.40. The quantitative estimate of drug-likeness (QED) is 0.748. The summed E-state index contributed by atoms with van der Waals surface area (Å²) in [6.07, 6.45) is 1.30. The van der Waals surface area contributed by atoms with Crippen LogP contribution in [0.15, 0.2) is 35.5 Å². The summed E-state index contributed by atoms with van der Waals surface area (Å²) in [5, 5.41) is 0.0728. The average Bonchev–Trinajstić information content (AvgIpc) is 2.85. The van der Waals surface area contributed by atoms with Gasteiger partial charge in [-0.2, -0.15) is 0 Å².